The van der Waals surface area contributed by atoms with E-state index in [-0.39, 0.29) is 10.6 Å². The molecule has 1 aliphatic rings. The van der Waals surface area contributed by atoms with E-state index in [2.05, 4.69) is 27.9 Å². The van der Waals surface area contributed by atoms with Gasteiger partial charge in [-0.3, -0.25) is 19.3 Å². The molecular weight excluding hydrogens is 582 g/mol. The molecule has 3 aromatic rings. The molecule has 6 nitrogen and oxygen atoms in total. The van der Waals surface area contributed by atoms with E-state index in [1.54, 1.807) is 18.2 Å². The Morgan fingerprint density at radius 1 is 1.11 bits per heavy atom. The molecule has 0 bridgehead atoms. The van der Waals surface area contributed by atoms with Gasteiger partial charge < -0.3 is 10.1 Å². The van der Waals surface area contributed by atoms with Gasteiger partial charge in [-0.05, 0) is 82.7 Å². The fourth-order valence-corrected chi connectivity index (χ4v) is 4.79. The van der Waals surface area contributed by atoms with Crippen molar-refractivity contribution in [3.63, 3.8) is 0 Å². The average Bonchev–Trinajstić information content (AvgIpc) is 3.08. The topological polar surface area (TPSA) is 75.7 Å². The lowest BCUT2D eigenvalue weighted by Gasteiger charge is -2.12. The molecule has 9 heteroatoms. The van der Waals surface area contributed by atoms with Gasteiger partial charge in [0.15, 0.2) is 0 Å². The Hall–Kier alpha value is -3.18. The van der Waals surface area contributed by atoms with Crippen LogP contribution in [0.3, 0.4) is 0 Å². The SMILES string of the molecule is Cc1ccc(COc2ccc(/C=C3\SC(=O)N(CC(=O)Nc4ccccc4F)C3=O)cc2I)cc1. The highest BCUT2D eigenvalue weighted by atomic mass is 127. The number of amides is 3. The first-order valence-corrected chi connectivity index (χ1v) is 12.5. The van der Waals surface area contributed by atoms with Gasteiger partial charge in [-0.1, -0.05) is 48.0 Å². The van der Waals surface area contributed by atoms with Gasteiger partial charge in [0, 0.05) is 0 Å². The molecular formula is C26H20FIN2O4S. The third kappa shape index (κ3) is 6.29. The molecule has 0 spiro atoms. The largest absolute Gasteiger partial charge is 0.488 e. The summed E-state index contributed by atoms with van der Waals surface area (Å²) in [4.78, 5) is 38.4. The zero-order chi connectivity index (χ0) is 24.9. The van der Waals surface area contributed by atoms with E-state index in [1.807, 2.05) is 43.3 Å². The Bertz CT molecular complexity index is 1330. The highest BCUT2D eigenvalue weighted by Crippen LogP contribution is 2.33. The highest BCUT2D eigenvalue weighted by Gasteiger charge is 2.36. The second-order valence-electron chi connectivity index (χ2n) is 7.76. The third-order valence-corrected chi connectivity index (χ3v) is 6.84. The monoisotopic (exact) mass is 602 g/mol. The molecule has 4 rings (SSSR count). The molecule has 1 saturated heterocycles. The standard InChI is InChI=1S/C26H20FIN2O4S/c1-16-6-8-17(9-7-16)15-34-22-11-10-18(12-20(22)28)13-23-25(32)30(26(33)35-23)14-24(31)29-21-5-3-2-4-19(21)27/h2-13H,14-15H2,1H3,(H,29,31)/b23-13-. The summed E-state index contributed by atoms with van der Waals surface area (Å²) < 4.78 is 20.5. The molecule has 178 valence electrons. The Balaban J connectivity index is 1.40. The number of nitrogens with zero attached hydrogens (tertiary/aromatic N) is 1. The fourth-order valence-electron chi connectivity index (χ4n) is 3.25. The van der Waals surface area contributed by atoms with E-state index >= 15 is 0 Å². The van der Waals surface area contributed by atoms with Crippen molar-refractivity contribution in [2.75, 3.05) is 11.9 Å². The number of aryl methyl sites for hydroxylation is 1. The molecule has 1 heterocycles. The Morgan fingerprint density at radius 3 is 2.57 bits per heavy atom. The van der Waals surface area contributed by atoms with Gasteiger partial charge in [0.1, 0.15) is 24.7 Å². The van der Waals surface area contributed by atoms with E-state index < -0.39 is 29.4 Å². The van der Waals surface area contributed by atoms with Crippen molar-refractivity contribution in [3.05, 3.63) is 97.7 Å². The van der Waals surface area contributed by atoms with Crippen LogP contribution in [-0.4, -0.2) is 28.5 Å². The summed E-state index contributed by atoms with van der Waals surface area (Å²) in [6.07, 6.45) is 1.60. The summed E-state index contributed by atoms with van der Waals surface area (Å²) >= 11 is 2.91. The summed E-state index contributed by atoms with van der Waals surface area (Å²) in [6, 6.07) is 19.2. The number of carbonyl (C=O) groups excluding carboxylic acids is 3. The van der Waals surface area contributed by atoms with E-state index in [0.29, 0.717) is 12.4 Å². The Morgan fingerprint density at radius 2 is 1.86 bits per heavy atom. The fraction of sp³-hybridized carbons (Fsp3) is 0.115. The number of carbonyl (C=O) groups is 3. The van der Waals surface area contributed by atoms with Gasteiger partial charge in [0.25, 0.3) is 11.1 Å². The molecule has 3 aromatic carbocycles. The van der Waals surface area contributed by atoms with Crippen LogP contribution in [0.4, 0.5) is 14.9 Å². The summed E-state index contributed by atoms with van der Waals surface area (Å²) in [5, 5.41) is 1.82. The predicted molar refractivity (Wildman–Crippen MR) is 142 cm³/mol. The number of thioether (sulfide) groups is 1. The summed E-state index contributed by atoms with van der Waals surface area (Å²) in [6.45, 7) is 1.96. The maximum Gasteiger partial charge on any atom is 0.294 e. The van der Waals surface area contributed by atoms with Crippen molar-refractivity contribution < 1.29 is 23.5 Å². The molecule has 0 unspecified atom stereocenters. The van der Waals surface area contributed by atoms with Crippen LogP contribution in [0.5, 0.6) is 5.75 Å². The van der Waals surface area contributed by atoms with Gasteiger partial charge in [-0.25, -0.2) is 4.39 Å². The Labute approximate surface area is 219 Å². The molecule has 1 fully saturated rings. The van der Waals surface area contributed by atoms with Gasteiger partial charge >= 0.3 is 0 Å². The van der Waals surface area contributed by atoms with Crippen LogP contribution in [0.1, 0.15) is 16.7 Å². The Kier molecular flexibility index (Phi) is 7.86. The summed E-state index contributed by atoms with van der Waals surface area (Å²) in [7, 11) is 0. The number of halogens is 2. The smallest absolute Gasteiger partial charge is 0.294 e. The average molecular weight is 602 g/mol. The second-order valence-corrected chi connectivity index (χ2v) is 9.92. The van der Waals surface area contributed by atoms with Gasteiger partial charge in [0.2, 0.25) is 5.91 Å². The zero-order valence-corrected chi connectivity index (χ0v) is 21.6. The number of para-hydroxylation sites is 1. The van der Waals surface area contributed by atoms with E-state index in [4.69, 9.17) is 4.74 Å². The van der Waals surface area contributed by atoms with Crippen molar-refractivity contribution in [2.24, 2.45) is 0 Å². The first-order valence-electron chi connectivity index (χ1n) is 10.6. The number of hydrogen-bond donors (Lipinski definition) is 1. The molecule has 0 saturated carbocycles. The van der Waals surface area contributed by atoms with Gasteiger partial charge in [0.05, 0.1) is 14.2 Å². The summed E-state index contributed by atoms with van der Waals surface area (Å²) in [5.74, 6) is -1.13. The summed E-state index contributed by atoms with van der Waals surface area (Å²) in [5.41, 5.74) is 2.95. The highest BCUT2D eigenvalue weighted by molar-refractivity contribution is 14.1. The van der Waals surface area contributed by atoms with Crippen LogP contribution in [0.2, 0.25) is 0 Å². The van der Waals surface area contributed by atoms with Crippen molar-refractivity contribution in [3.8, 4) is 5.75 Å². The molecule has 35 heavy (non-hydrogen) atoms. The van der Waals surface area contributed by atoms with Gasteiger partial charge in [-0.2, -0.15) is 0 Å². The van der Waals surface area contributed by atoms with Gasteiger partial charge in [-0.15, -0.1) is 0 Å². The zero-order valence-electron chi connectivity index (χ0n) is 18.6. The maximum atomic E-state index is 13.7. The minimum Gasteiger partial charge on any atom is -0.488 e. The second kappa shape index (κ2) is 11.0. The quantitative estimate of drug-likeness (QED) is 0.266. The molecule has 0 radical (unpaired) electrons. The molecule has 0 aliphatic carbocycles. The lowest BCUT2D eigenvalue weighted by molar-refractivity contribution is -0.127. The lowest BCUT2D eigenvalue weighted by Crippen LogP contribution is -2.36. The van der Waals surface area contributed by atoms with Crippen molar-refractivity contribution in [2.45, 2.75) is 13.5 Å². The molecule has 0 atom stereocenters. The number of imide groups is 1. The van der Waals surface area contributed by atoms with Crippen LogP contribution in [0.25, 0.3) is 6.08 Å². The molecule has 1 aliphatic heterocycles. The van der Waals surface area contributed by atoms with Crippen molar-refractivity contribution >= 4 is 63.2 Å². The third-order valence-electron chi connectivity index (χ3n) is 5.09. The number of rotatable bonds is 7. The first kappa shape index (κ1) is 24.9. The van der Waals surface area contributed by atoms with Crippen LogP contribution in [0, 0.1) is 16.3 Å². The van der Waals surface area contributed by atoms with E-state index in [0.717, 1.165) is 31.4 Å². The van der Waals surface area contributed by atoms with Crippen LogP contribution >= 0.6 is 34.4 Å². The number of benzene rings is 3. The number of ether oxygens (including phenoxy) is 1. The minimum absolute atomic E-state index is 0.0146. The number of nitrogens with one attached hydrogen (secondary N) is 1. The number of anilines is 1. The molecule has 0 aromatic heterocycles. The number of hydrogen-bond acceptors (Lipinski definition) is 5. The minimum atomic E-state index is -0.664. The molecule has 1 N–H and O–H groups in total. The van der Waals surface area contributed by atoms with Crippen LogP contribution in [-0.2, 0) is 16.2 Å². The van der Waals surface area contributed by atoms with E-state index in [9.17, 15) is 18.8 Å². The normalized spacial score (nSPS) is 14.5. The lowest BCUT2D eigenvalue weighted by atomic mass is 10.1. The van der Waals surface area contributed by atoms with Crippen LogP contribution < -0.4 is 10.1 Å². The van der Waals surface area contributed by atoms with E-state index in [1.165, 1.54) is 23.8 Å². The molecule has 3 amide bonds. The maximum absolute atomic E-state index is 13.7. The predicted octanol–water partition coefficient (Wildman–Crippen LogP) is 5.99. The van der Waals surface area contributed by atoms with Crippen molar-refractivity contribution in [1.82, 2.24) is 4.90 Å². The van der Waals surface area contributed by atoms with Crippen LogP contribution in [0.15, 0.2) is 71.6 Å². The first-order chi connectivity index (χ1) is 16.8. The van der Waals surface area contributed by atoms with Crippen molar-refractivity contribution in [1.29, 1.82) is 0 Å².